The third-order valence-electron chi connectivity index (χ3n) is 3.08. The van der Waals surface area contributed by atoms with Crippen LogP contribution in [-0.4, -0.2) is 30.2 Å². The summed E-state index contributed by atoms with van der Waals surface area (Å²) in [6.45, 7) is 0. The highest BCUT2D eigenvalue weighted by Gasteiger charge is 2.09. The summed E-state index contributed by atoms with van der Waals surface area (Å²) < 4.78 is 5.78. The fraction of sp³-hybridized carbons (Fsp3) is 0.118. The quantitative estimate of drug-likeness (QED) is 0.390. The Bertz CT molecular complexity index is 791. The second-order valence-corrected chi connectivity index (χ2v) is 5.87. The van der Waals surface area contributed by atoms with Gasteiger partial charge in [0.25, 0.3) is 0 Å². The lowest BCUT2D eigenvalue weighted by Crippen LogP contribution is -2.24. The van der Waals surface area contributed by atoms with Gasteiger partial charge in [0.05, 0.1) is 13.3 Å². The van der Waals surface area contributed by atoms with Crippen molar-refractivity contribution < 1.29 is 19.4 Å². The van der Waals surface area contributed by atoms with E-state index in [2.05, 4.69) is 31.8 Å². The SMILES string of the molecule is COc1ccc(NC(=O)CC(=O)N/N=C/c2cc(Br)ccc2O)cc1. The van der Waals surface area contributed by atoms with Gasteiger partial charge in [0.1, 0.15) is 17.9 Å². The van der Waals surface area contributed by atoms with Crippen LogP contribution in [0, 0.1) is 0 Å². The van der Waals surface area contributed by atoms with Gasteiger partial charge in [-0.05, 0) is 42.5 Å². The van der Waals surface area contributed by atoms with Crippen molar-refractivity contribution in [3.8, 4) is 11.5 Å². The smallest absolute Gasteiger partial charge is 0.249 e. The number of ether oxygens (including phenoxy) is 1. The Morgan fingerprint density at radius 2 is 1.92 bits per heavy atom. The summed E-state index contributed by atoms with van der Waals surface area (Å²) in [6, 6.07) is 11.5. The van der Waals surface area contributed by atoms with Gasteiger partial charge < -0.3 is 15.2 Å². The number of hydrogen-bond donors (Lipinski definition) is 3. The van der Waals surface area contributed by atoms with Gasteiger partial charge in [0.2, 0.25) is 11.8 Å². The molecule has 0 heterocycles. The van der Waals surface area contributed by atoms with Crippen LogP contribution < -0.4 is 15.5 Å². The van der Waals surface area contributed by atoms with Gasteiger partial charge in [-0.15, -0.1) is 0 Å². The van der Waals surface area contributed by atoms with E-state index in [0.717, 1.165) is 4.47 Å². The molecule has 0 atom stereocenters. The maximum atomic E-state index is 11.8. The molecule has 0 aromatic heterocycles. The van der Waals surface area contributed by atoms with Gasteiger partial charge in [0.15, 0.2) is 0 Å². The number of carbonyl (C=O) groups excluding carboxylic acids is 2. The number of benzene rings is 2. The maximum Gasteiger partial charge on any atom is 0.249 e. The van der Waals surface area contributed by atoms with Crippen LogP contribution in [0.15, 0.2) is 52.0 Å². The van der Waals surface area contributed by atoms with E-state index in [-0.39, 0.29) is 12.2 Å². The Kier molecular flexibility index (Phi) is 6.53. The van der Waals surface area contributed by atoms with Crippen molar-refractivity contribution in [1.29, 1.82) is 0 Å². The van der Waals surface area contributed by atoms with Crippen LogP contribution >= 0.6 is 15.9 Å². The van der Waals surface area contributed by atoms with Crippen molar-refractivity contribution in [3.05, 3.63) is 52.5 Å². The minimum absolute atomic E-state index is 0.0263. The molecule has 2 aromatic rings. The molecule has 0 aliphatic carbocycles. The minimum Gasteiger partial charge on any atom is -0.507 e. The first kappa shape index (κ1) is 18.5. The van der Waals surface area contributed by atoms with Crippen LogP contribution in [0.2, 0.25) is 0 Å². The topological polar surface area (TPSA) is 100 Å². The van der Waals surface area contributed by atoms with Crippen molar-refractivity contribution in [2.75, 3.05) is 12.4 Å². The Morgan fingerprint density at radius 3 is 2.60 bits per heavy atom. The van der Waals surface area contributed by atoms with E-state index in [1.165, 1.54) is 12.3 Å². The first-order chi connectivity index (χ1) is 12.0. The third-order valence-corrected chi connectivity index (χ3v) is 3.57. The molecule has 0 saturated heterocycles. The van der Waals surface area contributed by atoms with Crippen molar-refractivity contribution in [2.24, 2.45) is 5.10 Å². The molecule has 0 aliphatic heterocycles. The van der Waals surface area contributed by atoms with E-state index in [0.29, 0.717) is 17.0 Å². The van der Waals surface area contributed by atoms with Gasteiger partial charge in [-0.25, -0.2) is 5.43 Å². The molecule has 0 radical (unpaired) electrons. The van der Waals surface area contributed by atoms with Gasteiger partial charge in [0, 0.05) is 15.7 Å². The van der Waals surface area contributed by atoms with Crippen molar-refractivity contribution in [1.82, 2.24) is 5.43 Å². The van der Waals surface area contributed by atoms with E-state index in [9.17, 15) is 14.7 Å². The van der Waals surface area contributed by atoms with E-state index in [4.69, 9.17) is 4.74 Å². The predicted molar refractivity (Wildman–Crippen MR) is 97.8 cm³/mol. The van der Waals surface area contributed by atoms with Crippen LogP contribution in [0.1, 0.15) is 12.0 Å². The fourth-order valence-electron chi connectivity index (χ4n) is 1.87. The number of halogens is 1. The lowest BCUT2D eigenvalue weighted by atomic mass is 10.2. The van der Waals surface area contributed by atoms with Gasteiger partial charge in [-0.1, -0.05) is 15.9 Å². The number of hydrogen-bond acceptors (Lipinski definition) is 5. The zero-order chi connectivity index (χ0) is 18.2. The van der Waals surface area contributed by atoms with Crippen LogP contribution in [-0.2, 0) is 9.59 Å². The van der Waals surface area contributed by atoms with Crippen molar-refractivity contribution in [3.63, 3.8) is 0 Å². The molecule has 2 aromatic carbocycles. The standard InChI is InChI=1S/C17H16BrN3O4/c1-25-14-5-3-13(4-6-14)20-16(23)9-17(24)21-19-10-11-8-12(18)2-7-15(11)22/h2-8,10,22H,9H2,1H3,(H,20,23)(H,21,24)/b19-10+. The number of nitrogens with zero attached hydrogens (tertiary/aromatic N) is 1. The number of aromatic hydroxyl groups is 1. The second kappa shape index (κ2) is 8.84. The van der Waals surface area contributed by atoms with E-state index < -0.39 is 11.8 Å². The summed E-state index contributed by atoms with van der Waals surface area (Å²) in [5.74, 6) is -0.348. The molecule has 2 amide bonds. The lowest BCUT2D eigenvalue weighted by Gasteiger charge is -2.05. The van der Waals surface area contributed by atoms with Gasteiger partial charge >= 0.3 is 0 Å². The molecule has 0 aliphatic rings. The number of phenolic OH excluding ortho intramolecular Hbond substituents is 1. The van der Waals surface area contributed by atoms with E-state index >= 15 is 0 Å². The largest absolute Gasteiger partial charge is 0.507 e. The Labute approximate surface area is 152 Å². The molecule has 3 N–H and O–H groups in total. The highest BCUT2D eigenvalue weighted by molar-refractivity contribution is 9.10. The second-order valence-electron chi connectivity index (χ2n) is 4.95. The van der Waals surface area contributed by atoms with E-state index in [1.807, 2.05) is 0 Å². The fourth-order valence-corrected chi connectivity index (χ4v) is 2.25. The van der Waals surface area contributed by atoms with Crippen LogP contribution in [0.25, 0.3) is 0 Å². The number of hydrazone groups is 1. The summed E-state index contributed by atoms with van der Waals surface area (Å²) in [4.78, 5) is 23.5. The average molecular weight is 406 g/mol. The zero-order valence-electron chi connectivity index (χ0n) is 13.3. The normalized spacial score (nSPS) is 10.5. The lowest BCUT2D eigenvalue weighted by molar-refractivity contribution is -0.126. The highest BCUT2D eigenvalue weighted by atomic mass is 79.9. The number of amides is 2. The molecular weight excluding hydrogens is 390 g/mol. The van der Waals surface area contributed by atoms with E-state index in [1.54, 1.807) is 43.5 Å². The molecule has 7 nitrogen and oxygen atoms in total. The number of methoxy groups -OCH3 is 1. The molecule has 25 heavy (non-hydrogen) atoms. The third kappa shape index (κ3) is 5.92. The minimum atomic E-state index is -0.572. The Hall–Kier alpha value is -2.87. The summed E-state index contributed by atoms with van der Waals surface area (Å²) in [7, 11) is 1.55. The Balaban J connectivity index is 1.83. The van der Waals surface area contributed by atoms with Crippen LogP contribution in [0.3, 0.4) is 0 Å². The van der Waals surface area contributed by atoms with Crippen molar-refractivity contribution in [2.45, 2.75) is 6.42 Å². The average Bonchev–Trinajstić information content (AvgIpc) is 2.58. The first-order valence-electron chi connectivity index (χ1n) is 7.22. The predicted octanol–water partition coefficient (Wildman–Crippen LogP) is 2.64. The first-order valence-corrected chi connectivity index (χ1v) is 8.01. The number of rotatable bonds is 6. The number of anilines is 1. The summed E-state index contributed by atoms with van der Waals surface area (Å²) in [5, 5.41) is 16.0. The summed E-state index contributed by atoms with van der Waals surface area (Å²) in [5.41, 5.74) is 3.22. The summed E-state index contributed by atoms with van der Waals surface area (Å²) in [6.07, 6.45) is 0.910. The number of carbonyl (C=O) groups is 2. The molecule has 0 fully saturated rings. The summed E-state index contributed by atoms with van der Waals surface area (Å²) >= 11 is 3.27. The van der Waals surface area contributed by atoms with Crippen LogP contribution in [0.5, 0.6) is 11.5 Å². The molecule has 130 valence electrons. The van der Waals surface area contributed by atoms with Crippen LogP contribution in [0.4, 0.5) is 5.69 Å². The van der Waals surface area contributed by atoms with Gasteiger partial charge in [-0.3, -0.25) is 9.59 Å². The zero-order valence-corrected chi connectivity index (χ0v) is 14.9. The molecular formula is C17H16BrN3O4. The number of nitrogens with one attached hydrogen (secondary N) is 2. The monoisotopic (exact) mass is 405 g/mol. The molecule has 8 heteroatoms. The molecule has 2 rings (SSSR count). The van der Waals surface area contributed by atoms with Gasteiger partial charge in [-0.2, -0.15) is 5.10 Å². The highest BCUT2D eigenvalue weighted by Crippen LogP contribution is 2.20. The molecule has 0 saturated carbocycles. The molecule has 0 bridgehead atoms. The van der Waals surface area contributed by atoms with Crippen molar-refractivity contribution >= 4 is 39.6 Å². The number of phenols is 1. The molecule has 0 spiro atoms. The molecule has 0 unspecified atom stereocenters. The Morgan fingerprint density at radius 1 is 1.20 bits per heavy atom. The maximum absolute atomic E-state index is 11.8.